The molecule has 5 fully saturated rings. The Bertz CT molecular complexity index is 796. The molecule has 32 heavy (non-hydrogen) atoms. The number of ketones is 2. The third-order valence-corrected chi connectivity index (χ3v) is 10.00. The van der Waals surface area contributed by atoms with Crippen LogP contribution in [0.2, 0.25) is 0 Å². The lowest BCUT2D eigenvalue weighted by molar-refractivity contribution is -0.167. The summed E-state index contributed by atoms with van der Waals surface area (Å²) in [5.41, 5.74) is -0.818. The van der Waals surface area contributed by atoms with Gasteiger partial charge >= 0.3 is 6.18 Å². The van der Waals surface area contributed by atoms with Crippen LogP contribution in [0.1, 0.15) is 77.0 Å². The van der Waals surface area contributed by atoms with Gasteiger partial charge in [-0.05, 0) is 80.5 Å². The number of rotatable bonds is 2. The van der Waals surface area contributed by atoms with Gasteiger partial charge in [0.1, 0.15) is 18.1 Å². The molecule has 0 spiro atoms. The van der Waals surface area contributed by atoms with Crippen LogP contribution in [0.5, 0.6) is 0 Å². The molecule has 7 heteroatoms. The van der Waals surface area contributed by atoms with E-state index >= 15 is 0 Å². The van der Waals surface area contributed by atoms with Crippen LogP contribution in [-0.4, -0.2) is 30.2 Å². The Morgan fingerprint density at radius 3 is 2.50 bits per heavy atom. The summed E-state index contributed by atoms with van der Waals surface area (Å²) in [6.45, 7) is -1.30. The van der Waals surface area contributed by atoms with Gasteiger partial charge in [0, 0.05) is 25.2 Å². The summed E-state index contributed by atoms with van der Waals surface area (Å²) < 4.78 is 38.4. The lowest BCUT2D eigenvalue weighted by Crippen LogP contribution is -2.60. The van der Waals surface area contributed by atoms with Crippen molar-refractivity contribution in [3.8, 4) is 0 Å². The number of carbonyl (C=O) groups is 3. The Morgan fingerprint density at radius 2 is 1.72 bits per heavy atom. The van der Waals surface area contributed by atoms with Gasteiger partial charge in [-0.1, -0.05) is 12.8 Å². The zero-order valence-electron chi connectivity index (χ0n) is 18.6. The Balaban J connectivity index is 1.38. The Labute approximate surface area is 187 Å². The predicted octanol–water partition coefficient (Wildman–Crippen LogP) is 4.85. The average molecular weight is 454 g/mol. The zero-order valence-corrected chi connectivity index (χ0v) is 18.6. The number of fused-ring (bicyclic) bond motifs is 7. The Morgan fingerprint density at radius 1 is 0.906 bits per heavy atom. The highest BCUT2D eigenvalue weighted by atomic mass is 19.4. The molecule has 8 atom stereocenters. The molecule has 0 heterocycles. The standard InChI is InChI=1S/C25H34F3NO3/c26-25(27,28)13-29-23(32)24-9-2-1-3-20(24)22-18(8-10-24)17-6-4-14-11-15(30)5-7-16(14)19(17)12-21(22)31/h14,16-20,22H,1-13H2,(H,29,32). The SMILES string of the molecule is O=C1CCC2C(CCC3C2CC(=O)C2C3CCC3(C(=O)NCC(F)(F)F)CCCCC23)C1. The smallest absolute Gasteiger partial charge is 0.346 e. The van der Waals surface area contributed by atoms with Crippen LogP contribution >= 0.6 is 0 Å². The molecular weight excluding hydrogens is 419 g/mol. The summed E-state index contributed by atoms with van der Waals surface area (Å²) in [6, 6.07) is 0. The summed E-state index contributed by atoms with van der Waals surface area (Å²) in [7, 11) is 0. The van der Waals surface area contributed by atoms with E-state index in [1.807, 2.05) is 0 Å². The quantitative estimate of drug-likeness (QED) is 0.650. The van der Waals surface area contributed by atoms with Crippen LogP contribution in [0.25, 0.3) is 0 Å². The number of alkyl halides is 3. The van der Waals surface area contributed by atoms with Crippen molar-refractivity contribution < 1.29 is 27.6 Å². The molecule has 5 saturated carbocycles. The fourth-order valence-electron chi connectivity index (χ4n) is 8.83. The van der Waals surface area contributed by atoms with Crippen LogP contribution in [-0.2, 0) is 14.4 Å². The monoisotopic (exact) mass is 453 g/mol. The van der Waals surface area contributed by atoms with Crippen molar-refractivity contribution in [1.29, 1.82) is 0 Å². The lowest BCUT2D eigenvalue weighted by Gasteiger charge is -2.59. The van der Waals surface area contributed by atoms with Gasteiger partial charge in [0.2, 0.25) is 5.91 Å². The number of amides is 1. The maximum Gasteiger partial charge on any atom is 0.405 e. The molecule has 8 unspecified atom stereocenters. The molecular formula is C25H34F3NO3. The van der Waals surface area contributed by atoms with E-state index in [0.29, 0.717) is 61.6 Å². The van der Waals surface area contributed by atoms with Gasteiger partial charge in [-0.15, -0.1) is 0 Å². The molecule has 5 aliphatic rings. The normalized spacial score (nSPS) is 44.0. The van der Waals surface area contributed by atoms with Crippen LogP contribution in [0.4, 0.5) is 13.2 Å². The number of nitrogens with one attached hydrogen (secondary N) is 1. The van der Waals surface area contributed by atoms with Crippen molar-refractivity contribution in [3.05, 3.63) is 0 Å². The van der Waals surface area contributed by atoms with Gasteiger partial charge in [0.25, 0.3) is 0 Å². The van der Waals surface area contributed by atoms with Crippen molar-refractivity contribution in [3.63, 3.8) is 0 Å². The second-order valence-corrected chi connectivity index (χ2v) is 11.3. The minimum Gasteiger partial charge on any atom is -0.346 e. The van der Waals surface area contributed by atoms with Crippen molar-refractivity contribution in [2.75, 3.05) is 6.54 Å². The van der Waals surface area contributed by atoms with Gasteiger partial charge in [0.15, 0.2) is 0 Å². The van der Waals surface area contributed by atoms with Gasteiger partial charge in [-0.25, -0.2) is 0 Å². The largest absolute Gasteiger partial charge is 0.405 e. The Kier molecular flexibility index (Phi) is 5.68. The molecule has 0 aromatic rings. The fourth-order valence-corrected chi connectivity index (χ4v) is 8.83. The lowest BCUT2D eigenvalue weighted by atomic mass is 9.44. The maximum absolute atomic E-state index is 13.6. The molecule has 0 saturated heterocycles. The fraction of sp³-hybridized carbons (Fsp3) is 0.880. The van der Waals surface area contributed by atoms with E-state index < -0.39 is 24.0 Å². The minimum absolute atomic E-state index is 0.123. The van der Waals surface area contributed by atoms with Crippen molar-refractivity contribution in [1.82, 2.24) is 5.32 Å². The van der Waals surface area contributed by atoms with Crippen molar-refractivity contribution in [2.24, 2.45) is 46.8 Å². The molecule has 5 aliphatic carbocycles. The first-order valence-electron chi connectivity index (χ1n) is 12.6. The van der Waals surface area contributed by atoms with Gasteiger partial charge < -0.3 is 5.32 Å². The van der Waals surface area contributed by atoms with Crippen LogP contribution < -0.4 is 5.32 Å². The van der Waals surface area contributed by atoms with Crippen LogP contribution in [0.15, 0.2) is 0 Å². The summed E-state index contributed by atoms with van der Waals surface area (Å²) in [6.07, 6.45) is 4.94. The number of halogens is 3. The second kappa shape index (κ2) is 8.12. The average Bonchev–Trinajstić information content (AvgIpc) is 2.76. The number of hydrogen-bond acceptors (Lipinski definition) is 3. The highest BCUT2D eigenvalue weighted by molar-refractivity contribution is 5.88. The summed E-state index contributed by atoms with van der Waals surface area (Å²) in [4.78, 5) is 38.7. The Hall–Kier alpha value is -1.40. The van der Waals surface area contributed by atoms with Gasteiger partial charge in [-0.3, -0.25) is 14.4 Å². The molecule has 0 aliphatic heterocycles. The van der Waals surface area contributed by atoms with E-state index in [2.05, 4.69) is 5.32 Å². The molecule has 4 nitrogen and oxygen atoms in total. The van der Waals surface area contributed by atoms with Crippen LogP contribution in [0.3, 0.4) is 0 Å². The first-order valence-corrected chi connectivity index (χ1v) is 12.6. The molecule has 0 bridgehead atoms. The molecule has 0 radical (unpaired) electrons. The second-order valence-electron chi connectivity index (χ2n) is 11.3. The van der Waals surface area contributed by atoms with E-state index in [9.17, 15) is 27.6 Å². The predicted molar refractivity (Wildman–Crippen MR) is 111 cm³/mol. The number of Topliss-reactive ketones (excluding diaryl/α,β-unsaturated/α-hetero) is 2. The van der Waals surface area contributed by atoms with E-state index in [0.717, 1.165) is 44.9 Å². The minimum atomic E-state index is -4.43. The summed E-state index contributed by atoms with van der Waals surface area (Å²) in [5, 5.41) is 2.18. The van der Waals surface area contributed by atoms with E-state index in [4.69, 9.17) is 0 Å². The first-order chi connectivity index (χ1) is 15.2. The third kappa shape index (κ3) is 3.71. The van der Waals surface area contributed by atoms with Gasteiger partial charge in [-0.2, -0.15) is 13.2 Å². The van der Waals surface area contributed by atoms with E-state index in [1.54, 1.807) is 0 Å². The van der Waals surface area contributed by atoms with Gasteiger partial charge in [0.05, 0.1) is 5.41 Å². The molecule has 5 rings (SSSR count). The zero-order chi connectivity index (χ0) is 22.7. The highest BCUT2D eigenvalue weighted by Crippen LogP contribution is 2.62. The molecule has 1 amide bonds. The third-order valence-electron chi connectivity index (χ3n) is 10.00. The summed E-state index contributed by atoms with van der Waals surface area (Å²) >= 11 is 0. The van der Waals surface area contributed by atoms with Crippen molar-refractivity contribution in [2.45, 2.75) is 83.2 Å². The molecule has 0 aromatic carbocycles. The van der Waals surface area contributed by atoms with Crippen molar-refractivity contribution >= 4 is 17.5 Å². The first kappa shape index (κ1) is 22.4. The van der Waals surface area contributed by atoms with E-state index in [-0.39, 0.29) is 23.5 Å². The molecule has 0 aromatic heterocycles. The molecule has 178 valence electrons. The maximum atomic E-state index is 13.6. The number of hydrogen-bond donors (Lipinski definition) is 1. The highest BCUT2D eigenvalue weighted by Gasteiger charge is 2.61. The molecule has 1 N–H and O–H groups in total. The van der Waals surface area contributed by atoms with Crippen LogP contribution in [0, 0.1) is 46.8 Å². The van der Waals surface area contributed by atoms with E-state index in [1.165, 1.54) is 0 Å². The summed E-state index contributed by atoms with van der Waals surface area (Å²) in [5.74, 6) is 1.78. The number of carbonyl (C=O) groups excluding carboxylic acids is 3. The topological polar surface area (TPSA) is 63.2 Å².